The van der Waals surface area contributed by atoms with Crippen LogP contribution in [0.5, 0.6) is 11.5 Å². The number of anilines is 1. The highest BCUT2D eigenvalue weighted by molar-refractivity contribution is 6.39. The molecular formula is C17H18N2O4. The molecule has 0 atom stereocenters. The van der Waals surface area contributed by atoms with Crippen molar-refractivity contribution in [3.63, 3.8) is 0 Å². The number of hydrogen-bond donors (Lipinski definition) is 2. The lowest BCUT2D eigenvalue weighted by Gasteiger charge is -2.08. The highest BCUT2D eigenvalue weighted by Crippen LogP contribution is 2.15. The Morgan fingerprint density at radius 1 is 0.913 bits per heavy atom. The van der Waals surface area contributed by atoms with Crippen molar-refractivity contribution in [3.05, 3.63) is 54.1 Å². The average Bonchev–Trinajstić information content (AvgIpc) is 2.60. The second kappa shape index (κ2) is 7.84. The molecule has 0 bridgehead atoms. The van der Waals surface area contributed by atoms with Crippen molar-refractivity contribution >= 4 is 17.5 Å². The summed E-state index contributed by atoms with van der Waals surface area (Å²) in [6.07, 6.45) is 0. The Hall–Kier alpha value is -3.02. The van der Waals surface area contributed by atoms with Crippen molar-refractivity contribution in [1.82, 2.24) is 5.32 Å². The van der Waals surface area contributed by atoms with Gasteiger partial charge in [0.1, 0.15) is 11.5 Å². The van der Waals surface area contributed by atoms with Gasteiger partial charge in [0.25, 0.3) is 0 Å². The molecule has 23 heavy (non-hydrogen) atoms. The molecule has 6 nitrogen and oxygen atoms in total. The minimum absolute atomic E-state index is 0.242. The van der Waals surface area contributed by atoms with E-state index in [2.05, 4.69) is 10.6 Å². The third-order valence-corrected chi connectivity index (χ3v) is 3.14. The van der Waals surface area contributed by atoms with Gasteiger partial charge in [-0.25, -0.2) is 0 Å². The molecule has 0 heterocycles. The van der Waals surface area contributed by atoms with Gasteiger partial charge in [-0.05, 0) is 42.0 Å². The minimum Gasteiger partial charge on any atom is -0.497 e. The molecule has 0 aliphatic heterocycles. The largest absolute Gasteiger partial charge is 0.497 e. The summed E-state index contributed by atoms with van der Waals surface area (Å²) in [5, 5.41) is 5.08. The number of hydrogen-bond acceptors (Lipinski definition) is 4. The van der Waals surface area contributed by atoms with E-state index in [0.29, 0.717) is 17.2 Å². The summed E-state index contributed by atoms with van der Waals surface area (Å²) < 4.78 is 10.1. The summed E-state index contributed by atoms with van der Waals surface area (Å²) in [5.41, 5.74) is 1.36. The van der Waals surface area contributed by atoms with Crippen LogP contribution < -0.4 is 20.1 Å². The molecule has 0 aromatic heterocycles. The van der Waals surface area contributed by atoms with E-state index < -0.39 is 11.8 Å². The monoisotopic (exact) mass is 314 g/mol. The van der Waals surface area contributed by atoms with Gasteiger partial charge >= 0.3 is 11.8 Å². The second-order valence-electron chi connectivity index (χ2n) is 4.72. The van der Waals surface area contributed by atoms with Gasteiger partial charge in [0.2, 0.25) is 0 Å². The van der Waals surface area contributed by atoms with E-state index in [1.165, 1.54) is 0 Å². The van der Waals surface area contributed by atoms with Crippen LogP contribution in [0.25, 0.3) is 0 Å². The Balaban J connectivity index is 1.87. The van der Waals surface area contributed by atoms with Crippen molar-refractivity contribution in [3.8, 4) is 11.5 Å². The predicted molar refractivity (Wildman–Crippen MR) is 86.5 cm³/mol. The van der Waals surface area contributed by atoms with Crippen molar-refractivity contribution in [2.75, 3.05) is 19.5 Å². The first-order valence-electron chi connectivity index (χ1n) is 6.98. The fourth-order valence-electron chi connectivity index (χ4n) is 1.91. The standard InChI is InChI=1S/C17H18N2O4/c1-22-14-8-6-13(7-9-14)19-17(21)16(20)18-11-12-4-3-5-15(10-12)23-2/h3-10H,11H2,1-2H3,(H,18,20)(H,19,21). The quantitative estimate of drug-likeness (QED) is 0.827. The van der Waals surface area contributed by atoms with Gasteiger partial charge < -0.3 is 20.1 Å². The first-order chi connectivity index (χ1) is 11.1. The number of ether oxygens (including phenoxy) is 2. The maximum absolute atomic E-state index is 11.8. The predicted octanol–water partition coefficient (Wildman–Crippen LogP) is 1.96. The summed E-state index contributed by atoms with van der Waals surface area (Å²) in [5.74, 6) is -0.0633. The zero-order valence-corrected chi connectivity index (χ0v) is 13.0. The minimum atomic E-state index is -0.724. The molecule has 2 N–H and O–H groups in total. The molecule has 0 saturated heterocycles. The van der Waals surface area contributed by atoms with Crippen LogP contribution in [0.1, 0.15) is 5.56 Å². The summed E-state index contributed by atoms with van der Waals surface area (Å²) in [4.78, 5) is 23.7. The van der Waals surface area contributed by atoms with E-state index in [9.17, 15) is 9.59 Å². The molecule has 2 rings (SSSR count). The van der Waals surface area contributed by atoms with Crippen LogP contribution >= 0.6 is 0 Å². The number of rotatable bonds is 5. The zero-order chi connectivity index (χ0) is 16.7. The number of carbonyl (C=O) groups excluding carboxylic acids is 2. The molecule has 2 aromatic rings. The molecule has 0 spiro atoms. The Morgan fingerprint density at radius 2 is 1.61 bits per heavy atom. The third-order valence-electron chi connectivity index (χ3n) is 3.14. The molecule has 0 aliphatic carbocycles. The van der Waals surface area contributed by atoms with Crippen molar-refractivity contribution in [2.45, 2.75) is 6.54 Å². The number of amides is 2. The number of benzene rings is 2. The van der Waals surface area contributed by atoms with E-state index in [-0.39, 0.29) is 6.54 Å². The summed E-state index contributed by atoms with van der Waals surface area (Å²) in [7, 11) is 3.12. The van der Waals surface area contributed by atoms with E-state index in [0.717, 1.165) is 5.56 Å². The molecule has 0 unspecified atom stereocenters. The van der Waals surface area contributed by atoms with Crippen LogP contribution in [0.2, 0.25) is 0 Å². The van der Waals surface area contributed by atoms with Crippen LogP contribution in [-0.2, 0) is 16.1 Å². The summed E-state index contributed by atoms with van der Waals surface area (Å²) >= 11 is 0. The first-order valence-corrected chi connectivity index (χ1v) is 6.98. The van der Waals surface area contributed by atoms with Gasteiger partial charge in [0, 0.05) is 12.2 Å². The fourth-order valence-corrected chi connectivity index (χ4v) is 1.91. The van der Waals surface area contributed by atoms with Crippen LogP contribution in [-0.4, -0.2) is 26.0 Å². The molecule has 2 aromatic carbocycles. The van der Waals surface area contributed by atoms with Crippen molar-refractivity contribution in [2.24, 2.45) is 0 Å². The highest BCUT2D eigenvalue weighted by Gasteiger charge is 2.13. The van der Waals surface area contributed by atoms with Crippen molar-refractivity contribution < 1.29 is 19.1 Å². The summed E-state index contributed by atoms with van der Waals surface area (Å²) in [6.45, 7) is 0.242. The zero-order valence-electron chi connectivity index (χ0n) is 13.0. The Bertz CT molecular complexity index is 683. The Kier molecular flexibility index (Phi) is 5.57. The van der Waals surface area contributed by atoms with Gasteiger partial charge in [-0.15, -0.1) is 0 Å². The number of carbonyl (C=O) groups is 2. The Morgan fingerprint density at radius 3 is 2.26 bits per heavy atom. The lowest BCUT2D eigenvalue weighted by molar-refractivity contribution is -0.136. The topological polar surface area (TPSA) is 76.7 Å². The molecule has 0 fully saturated rings. The van der Waals surface area contributed by atoms with Gasteiger partial charge in [-0.1, -0.05) is 12.1 Å². The highest BCUT2D eigenvalue weighted by atomic mass is 16.5. The molecular weight excluding hydrogens is 296 g/mol. The van der Waals surface area contributed by atoms with Gasteiger partial charge in [-0.3, -0.25) is 9.59 Å². The van der Waals surface area contributed by atoms with Crippen LogP contribution in [0.4, 0.5) is 5.69 Å². The average molecular weight is 314 g/mol. The molecule has 0 radical (unpaired) electrons. The van der Waals surface area contributed by atoms with E-state index in [1.807, 2.05) is 18.2 Å². The number of nitrogens with one attached hydrogen (secondary N) is 2. The van der Waals surface area contributed by atoms with Crippen LogP contribution in [0.3, 0.4) is 0 Å². The SMILES string of the molecule is COc1ccc(NC(=O)C(=O)NCc2cccc(OC)c2)cc1. The Labute approximate surface area is 134 Å². The normalized spacial score (nSPS) is 9.83. The smallest absolute Gasteiger partial charge is 0.313 e. The van der Waals surface area contributed by atoms with E-state index >= 15 is 0 Å². The van der Waals surface area contributed by atoms with E-state index in [1.54, 1.807) is 44.6 Å². The van der Waals surface area contributed by atoms with Crippen molar-refractivity contribution in [1.29, 1.82) is 0 Å². The molecule has 0 aliphatic rings. The van der Waals surface area contributed by atoms with Crippen LogP contribution in [0, 0.1) is 0 Å². The van der Waals surface area contributed by atoms with Gasteiger partial charge in [0.15, 0.2) is 0 Å². The van der Waals surface area contributed by atoms with Crippen LogP contribution in [0.15, 0.2) is 48.5 Å². The molecule has 6 heteroatoms. The molecule has 0 saturated carbocycles. The number of methoxy groups -OCH3 is 2. The molecule has 2 amide bonds. The van der Waals surface area contributed by atoms with Gasteiger partial charge in [0.05, 0.1) is 14.2 Å². The maximum Gasteiger partial charge on any atom is 0.313 e. The maximum atomic E-state index is 11.8. The summed E-state index contributed by atoms with van der Waals surface area (Å²) in [6, 6.07) is 14.0. The van der Waals surface area contributed by atoms with E-state index in [4.69, 9.17) is 9.47 Å². The first kappa shape index (κ1) is 16.4. The lowest BCUT2D eigenvalue weighted by atomic mass is 10.2. The van der Waals surface area contributed by atoms with Gasteiger partial charge in [-0.2, -0.15) is 0 Å². The third kappa shape index (κ3) is 4.74. The molecule has 120 valence electrons. The lowest BCUT2D eigenvalue weighted by Crippen LogP contribution is -2.34. The second-order valence-corrected chi connectivity index (χ2v) is 4.72. The fraction of sp³-hybridized carbons (Fsp3) is 0.176.